The van der Waals surface area contributed by atoms with Gasteiger partial charge in [-0.2, -0.15) is 12.7 Å². The maximum Gasteiger partial charge on any atom is 0.301 e. The van der Waals surface area contributed by atoms with Crippen LogP contribution in [0.4, 0.5) is 26.1 Å². The number of carbonyl (C=O) groups is 4. The fourth-order valence-corrected chi connectivity index (χ4v) is 10.2. The summed E-state index contributed by atoms with van der Waals surface area (Å²) in [7, 11) is -2.85. The average Bonchev–Trinajstić information content (AvgIpc) is 3.74. The lowest BCUT2D eigenvalue weighted by Crippen LogP contribution is -2.55. The van der Waals surface area contributed by atoms with Gasteiger partial charge in [0.2, 0.25) is 29.5 Å². The molecule has 0 radical (unpaired) electrons. The molecule has 1 saturated carbocycles. The van der Waals surface area contributed by atoms with Gasteiger partial charge in [0.15, 0.2) is 5.82 Å². The third-order valence-corrected chi connectivity index (χ3v) is 15.1. The summed E-state index contributed by atoms with van der Waals surface area (Å²) in [6.45, 7) is 5.97. The Hall–Kier alpha value is -6.38. The number of piperidine rings is 2. The highest BCUT2D eigenvalue weighted by Gasteiger charge is 2.41. The van der Waals surface area contributed by atoms with Crippen molar-refractivity contribution < 1.29 is 36.4 Å². The van der Waals surface area contributed by atoms with Crippen molar-refractivity contribution in [1.82, 2.24) is 39.4 Å². The molecule has 17 nitrogen and oxygen atoms in total. The van der Waals surface area contributed by atoms with Crippen molar-refractivity contribution in [1.29, 1.82) is 0 Å². The van der Waals surface area contributed by atoms with Crippen LogP contribution in [0.5, 0.6) is 0 Å². The zero-order chi connectivity index (χ0) is 46.3. The molecule has 1 aliphatic carbocycles. The van der Waals surface area contributed by atoms with Crippen molar-refractivity contribution in [3.05, 3.63) is 95.6 Å². The summed E-state index contributed by atoms with van der Waals surface area (Å²) in [5.74, 6) is -2.80. The molecule has 2 aromatic carbocycles. The topological polar surface area (TPSA) is 206 Å². The predicted octanol–water partition coefficient (Wildman–Crippen LogP) is 4.66. The van der Waals surface area contributed by atoms with Gasteiger partial charge in [0.25, 0.3) is 0 Å². The van der Waals surface area contributed by atoms with Crippen molar-refractivity contribution >= 4 is 62.1 Å². The number of amides is 3. The first-order valence-electron chi connectivity index (χ1n) is 22.3. The Bertz CT molecular complexity index is 2770. The summed E-state index contributed by atoms with van der Waals surface area (Å²) < 4.78 is 58.8. The van der Waals surface area contributed by atoms with Crippen molar-refractivity contribution in [2.24, 2.45) is 5.92 Å². The number of piperazine rings is 1. The molecule has 5 aromatic rings. The Labute approximate surface area is 380 Å². The normalized spacial score (nSPS) is 20.9. The van der Waals surface area contributed by atoms with Crippen LogP contribution in [0.1, 0.15) is 72.9 Å². The van der Waals surface area contributed by atoms with Crippen molar-refractivity contribution in [3.63, 3.8) is 0 Å². The maximum absolute atomic E-state index is 15.6. The molecule has 1 unspecified atom stereocenters. The van der Waals surface area contributed by atoms with Crippen LogP contribution >= 0.6 is 0 Å². The molecule has 20 heteroatoms. The zero-order valence-corrected chi connectivity index (χ0v) is 37.4. The lowest BCUT2D eigenvalue weighted by atomic mass is 9.77. The molecule has 0 spiro atoms. The van der Waals surface area contributed by atoms with E-state index < -0.39 is 44.9 Å². The summed E-state index contributed by atoms with van der Waals surface area (Å²) in [5.41, 5.74) is 2.06. The summed E-state index contributed by atoms with van der Waals surface area (Å²) in [4.78, 5) is 73.8. The van der Waals surface area contributed by atoms with Crippen LogP contribution < -0.4 is 20.3 Å². The van der Waals surface area contributed by atoms with Gasteiger partial charge in [0, 0.05) is 111 Å². The van der Waals surface area contributed by atoms with E-state index in [0.717, 1.165) is 60.9 Å². The number of aromatic amines is 1. The fraction of sp³-hybridized carbons (Fsp3) is 0.413. The average molecular weight is 924 g/mol. The molecule has 0 bridgehead atoms. The lowest BCUT2D eigenvalue weighted by molar-refractivity contribution is -0.141. The first-order chi connectivity index (χ1) is 31.8. The standard InChI is InChI=1S/C46H51F2N11O6S/c1-3-56(2)66(64,65)55-37-9-8-36(47)40(41(37)48)42(61)35-26-50-43-34(35)22-30(23-49-43)31-24-51-46(52-25-31)59-18-16-58(17-19-59)45(63)29-20-33(21-29)57-14-12-28(13-15-57)27-4-6-32(7-5-27)53-38-10-11-39(60)54-44(38)62/h4-9,22-26,28-29,33,38,53,55H,3,10-21H2,1-2H3,(H,49,50)(H,54,60,62). The number of rotatable bonds is 13. The summed E-state index contributed by atoms with van der Waals surface area (Å²) in [6.07, 6.45) is 10.8. The summed E-state index contributed by atoms with van der Waals surface area (Å²) in [5, 5.41) is 5.93. The van der Waals surface area contributed by atoms with Gasteiger partial charge in [0.1, 0.15) is 17.5 Å². The molecule has 3 aromatic heterocycles. The second-order valence-electron chi connectivity index (χ2n) is 17.4. The Morgan fingerprint density at radius 3 is 2.27 bits per heavy atom. The number of benzene rings is 2. The van der Waals surface area contributed by atoms with E-state index in [1.807, 2.05) is 21.9 Å². The van der Waals surface area contributed by atoms with Gasteiger partial charge in [-0.25, -0.2) is 23.7 Å². The Morgan fingerprint density at radius 1 is 0.894 bits per heavy atom. The minimum Gasteiger partial charge on any atom is -0.374 e. The number of H-pyrrole nitrogens is 1. The number of aromatic nitrogens is 4. The summed E-state index contributed by atoms with van der Waals surface area (Å²) in [6, 6.07) is 11.7. The highest BCUT2D eigenvalue weighted by molar-refractivity contribution is 7.90. The minimum absolute atomic E-state index is 0.0258. The van der Waals surface area contributed by atoms with E-state index in [9.17, 15) is 27.6 Å². The Balaban J connectivity index is 0.750. The van der Waals surface area contributed by atoms with E-state index in [-0.39, 0.29) is 35.7 Å². The van der Waals surface area contributed by atoms with Crippen molar-refractivity contribution in [2.75, 3.05) is 67.8 Å². The van der Waals surface area contributed by atoms with Gasteiger partial charge >= 0.3 is 10.2 Å². The fourth-order valence-electron chi connectivity index (χ4n) is 9.30. The number of pyridine rings is 1. The molecule has 1 atom stereocenters. The zero-order valence-electron chi connectivity index (χ0n) is 36.6. The SMILES string of the molecule is CCN(C)S(=O)(=O)Nc1ccc(F)c(C(=O)c2c[nH]c3ncc(-c4cnc(N5CCN(C(=O)C6CC(N7CCC(c8ccc(NC9CCC(=O)NC9=O)cc8)CC7)C6)CC5)nc4)cc23)c1F. The predicted molar refractivity (Wildman–Crippen MR) is 243 cm³/mol. The van der Waals surface area contributed by atoms with Crippen LogP contribution in [0.15, 0.2) is 67.3 Å². The number of halogens is 2. The van der Waals surface area contributed by atoms with Crippen molar-refractivity contribution in [2.45, 2.75) is 63.5 Å². The van der Waals surface area contributed by atoms with Crippen LogP contribution in [-0.2, 0) is 24.6 Å². The number of fused-ring (bicyclic) bond motifs is 1. The van der Waals surface area contributed by atoms with Gasteiger partial charge in [-0.3, -0.25) is 29.2 Å². The molecule has 66 heavy (non-hydrogen) atoms. The number of imide groups is 1. The highest BCUT2D eigenvalue weighted by Crippen LogP contribution is 2.38. The molecule has 3 aliphatic heterocycles. The minimum atomic E-state index is -4.15. The molecule has 4 fully saturated rings. The van der Waals surface area contributed by atoms with E-state index in [1.165, 1.54) is 18.8 Å². The van der Waals surface area contributed by atoms with Gasteiger partial charge in [-0.15, -0.1) is 0 Å². The number of anilines is 3. The van der Waals surface area contributed by atoms with Crippen LogP contribution in [0.3, 0.4) is 0 Å². The van der Waals surface area contributed by atoms with Gasteiger partial charge in [-0.1, -0.05) is 19.1 Å². The molecule has 4 aliphatic rings. The van der Waals surface area contributed by atoms with Gasteiger partial charge < -0.3 is 25.0 Å². The van der Waals surface area contributed by atoms with E-state index >= 15 is 8.78 Å². The van der Waals surface area contributed by atoms with Crippen LogP contribution in [0.2, 0.25) is 0 Å². The van der Waals surface area contributed by atoms with Gasteiger partial charge in [0.05, 0.1) is 11.3 Å². The second kappa shape index (κ2) is 18.5. The Kier molecular flexibility index (Phi) is 12.5. The third-order valence-electron chi connectivity index (χ3n) is 13.5. The molecule has 9 rings (SSSR count). The summed E-state index contributed by atoms with van der Waals surface area (Å²) >= 11 is 0. The van der Waals surface area contributed by atoms with E-state index in [4.69, 9.17) is 0 Å². The molecule has 346 valence electrons. The molecule has 3 saturated heterocycles. The number of hydrogen-bond donors (Lipinski definition) is 4. The number of ketones is 1. The van der Waals surface area contributed by atoms with E-state index in [0.29, 0.717) is 79.1 Å². The smallest absolute Gasteiger partial charge is 0.301 e. The number of hydrogen-bond acceptors (Lipinski definition) is 12. The van der Waals surface area contributed by atoms with E-state index in [1.54, 1.807) is 31.6 Å². The van der Waals surface area contributed by atoms with Gasteiger partial charge in [-0.05, 0) is 87.0 Å². The molecular formula is C46H51F2N11O6S. The molecule has 3 amide bonds. The molecule has 6 heterocycles. The maximum atomic E-state index is 15.6. The number of nitrogens with one attached hydrogen (secondary N) is 4. The lowest BCUT2D eigenvalue weighted by Gasteiger charge is -2.47. The number of likely N-dealkylation sites (tertiary alicyclic amines) is 1. The van der Waals surface area contributed by atoms with E-state index in [2.05, 4.69) is 52.3 Å². The molecular weight excluding hydrogens is 873 g/mol. The highest BCUT2D eigenvalue weighted by atomic mass is 32.2. The number of carbonyl (C=O) groups excluding carboxylic acids is 4. The Morgan fingerprint density at radius 2 is 1.59 bits per heavy atom. The molecule has 4 N–H and O–H groups in total. The largest absolute Gasteiger partial charge is 0.374 e. The second-order valence-corrected chi connectivity index (χ2v) is 19.2. The monoisotopic (exact) mass is 923 g/mol. The third kappa shape index (κ3) is 9.08. The van der Waals surface area contributed by atoms with Crippen LogP contribution in [0, 0.1) is 17.6 Å². The van der Waals surface area contributed by atoms with Crippen LogP contribution in [0.25, 0.3) is 22.2 Å². The quantitative estimate of drug-likeness (QED) is 0.0941. The first kappa shape index (κ1) is 44.8. The van der Waals surface area contributed by atoms with Crippen molar-refractivity contribution in [3.8, 4) is 11.1 Å². The van der Waals surface area contributed by atoms with Crippen LogP contribution in [-0.4, -0.2) is 131 Å². The first-order valence-corrected chi connectivity index (χ1v) is 23.7. The number of nitrogens with zero attached hydrogens (tertiary/aromatic N) is 7.